The van der Waals surface area contributed by atoms with Gasteiger partial charge in [0.05, 0.1) is 18.5 Å². The molecule has 0 radical (unpaired) electrons. The van der Waals surface area contributed by atoms with Crippen molar-refractivity contribution in [2.75, 3.05) is 12.4 Å². The number of aromatic carboxylic acids is 1. The van der Waals surface area contributed by atoms with E-state index in [1.54, 1.807) is 19.2 Å². The van der Waals surface area contributed by atoms with Crippen LogP contribution >= 0.6 is 11.3 Å². The predicted octanol–water partition coefficient (Wildman–Crippen LogP) is 3.47. The molecule has 0 bridgehead atoms. The number of anilines is 2. The minimum atomic E-state index is -1.22. The SMILES string of the molecule is COc1ccc(-c2csc3ncnc(Nc4cccc(C(=O)[O-])c4)c23)cc1. The Morgan fingerprint density at radius 3 is 2.70 bits per heavy atom. The van der Waals surface area contributed by atoms with E-state index in [9.17, 15) is 9.90 Å². The average Bonchev–Trinajstić information content (AvgIpc) is 3.13. The van der Waals surface area contributed by atoms with Gasteiger partial charge in [0.1, 0.15) is 22.7 Å². The first-order valence-corrected chi connectivity index (χ1v) is 8.99. The highest BCUT2D eigenvalue weighted by molar-refractivity contribution is 7.17. The van der Waals surface area contributed by atoms with Crippen LogP contribution in [0.2, 0.25) is 0 Å². The van der Waals surface area contributed by atoms with Crippen LogP contribution in [0.4, 0.5) is 11.5 Å². The number of nitrogens with one attached hydrogen (secondary N) is 1. The van der Waals surface area contributed by atoms with Crippen LogP contribution in [-0.2, 0) is 0 Å². The van der Waals surface area contributed by atoms with Crippen molar-refractivity contribution in [3.05, 3.63) is 65.8 Å². The summed E-state index contributed by atoms with van der Waals surface area (Å²) in [5.74, 6) is 0.176. The highest BCUT2D eigenvalue weighted by Crippen LogP contribution is 2.37. The number of thiophene rings is 1. The summed E-state index contributed by atoms with van der Waals surface area (Å²) >= 11 is 1.53. The van der Waals surface area contributed by atoms with Crippen molar-refractivity contribution < 1.29 is 14.6 Å². The molecule has 2 aromatic carbocycles. The van der Waals surface area contributed by atoms with Crippen molar-refractivity contribution in [1.29, 1.82) is 0 Å². The van der Waals surface area contributed by atoms with E-state index >= 15 is 0 Å². The normalized spacial score (nSPS) is 10.7. The van der Waals surface area contributed by atoms with Gasteiger partial charge >= 0.3 is 0 Å². The molecule has 4 aromatic rings. The van der Waals surface area contributed by atoms with Gasteiger partial charge in [-0.1, -0.05) is 24.3 Å². The van der Waals surface area contributed by atoms with Crippen molar-refractivity contribution in [2.24, 2.45) is 0 Å². The summed E-state index contributed by atoms with van der Waals surface area (Å²) in [6, 6.07) is 14.2. The number of aromatic nitrogens is 2. The summed E-state index contributed by atoms with van der Waals surface area (Å²) in [7, 11) is 1.63. The zero-order valence-corrected chi connectivity index (χ0v) is 15.1. The minimum Gasteiger partial charge on any atom is -0.545 e. The highest BCUT2D eigenvalue weighted by Gasteiger charge is 2.13. The second-order valence-corrected chi connectivity index (χ2v) is 6.63. The molecule has 0 amide bonds. The molecule has 0 atom stereocenters. The molecule has 0 spiro atoms. The molecule has 0 saturated carbocycles. The summed E-state index contributed by atoms with van der Waals surface area (Å²) in [5.41, 5.74) is 2.73. The number of nitrogens with zero attached hydrogens (tertiary/aromatic N) is 2. The van der Waals surface area contributed by atoms with Gasteiger partial charge in [0.25, 0.3) is 0 Å². The third-order valence-corrected chi connectivity index (χ3v) is 5.02. The Bertz CT molecular complexity index is 1120. The van der Waals surface area contributed by atoms with Crippen LogP contribution in [0.3, 0.4) is 0 Å². The maximum atomic E-state index is 11.1. The molecule has 6 nitrogen and oxygen atoms in total. The van der Waals surface area contributed by atoms with Gasteiger partial charge in [0, 0.05) is 16.6 Å². The summed E-state index contributed by atoms with van der Waals surface area (Å²) in [5, 5.41) is 17.2. The molecule has 0 aliphatic heterocycles. The van der Waals surface area contributed by atoms with Gasteiger partial charge in [0.15, 0.2) is 0 Å². The van der Waals surface area contributed by atoms with Crippen LogP contribution in [0, 0.1) is 0 Å². The maximum absolute atomic E-state index is 11.1. The fourth-order valence-corrected chi connectivity index (χ4v) is 3.73. The highest BCUT2D eigenvalue weighted by atomic mass is 32.1. The summed E-state index contributed by atoms with van der Waals surface area (Å²) in [4.78, 5) is 20.7. The fourth-order valence-electron chi connectivity index (χ4n) is 2.81. The van der Waals surface area contributed by atoms with Crippen LogP contribution < -0.4 is 15.2 Å². The number of carbonyl (C=O) groups excluding carboxylic acids is 1. The van der Waals surface area contributed by atoms with Crippen molar-refractivity contribution >= 4 is 39.0 Å². The smallest absolute Gasteiger partial charge is 0.143 e. The number of benzene rings is 2. The van der Waals surface area contributed by atoms with Crippen LogP contribution in [0.25, 0.3) is 21.3 Å². The molecule has 27 heavy (non-hydrogen) atoms. The molecule has 7 heteroatoms. The number of carbonyl (C=O) groups is 1. The van der Waals surface area contributed by atoms with Crippen molar-refractivity contribution in [2.45, 2.75) is 0 Å². The second kappa shape index (κ2) is 7.05. The van der Waals surface area contributed by atoms with Crippen molar-refractivity contribution in [3.8, 4) is 16.9 Å². The summed E-state index contributed by atoms with van der Waals surface area (Å²) in [6.45, 7) is 0. The van der Waals surface area contributed by atoms with Gasteiger partial charge in [-0.05, 0) is 35.4 Å². The van der Waals surface area contributed by atoms with Crippen LogP contribution in [0.1, 0.15) is 10.4 Å². The first-order chi connectivity index (χ1) is 13.2. The Hall–Kier alpha value is -3.45. The Morgan fingerprint density at radius 2 is 1.96 bits per heavy atom. The van der Waals surface area contributed by atoms with E-state index < -0.39 is 5.97 Å². The number of hydrogen-bond acceptors (Lipinski definition) is 7. The van der Waals surface area contributed by atoms with Gasteiger partial charge in [-0.25, -0.2) is 9.97 Å². The monoisotopic (exact) mass is 376 g/mol. The molecular weight excluding hydrogens is 362 g/mol. The molecule has 1 N–H and O–H groups in total. The zero-order chi connectivity index (χ0) is 18.8. The standard InChI is InChI=1S/C20H15N3O3S/c1-26-15-7-5-12(6-8-15)16-10-27-19-17(16)18(21-11-22-19)23-14-4-2-3-13(9-14)20(24)25/h2-11H,1H3,(H,24,25)(H,21,22,23)/p-1. The number of fused-ring (bicyclic) bond motifs is 1. The van der Waals surface area contributed by atoms with Gasteiger partial charge in [0.2, 0.25) is 0 Å². The lowest BCUT2D eigenvalue weighted by atomic mass is 10.1. The molecule has 0 fully saturated rings. The predicted molar refractivity (Wildman–Crippen MR) is 103 cm³/mol. The van der Waals surface area contributed by atoms with Crippen molar-refractivity contribution in [3.63, 3.8) is 0 Å². The number of carboxylic acids is 1. The minimum absolute atomic E-state index is 0.103. The molecule has 2 heterocycles. The molecule has 0 saturated heterocycles. The van der Waals surface area contributed by atoms with E-state index in [2.05, 4.69) is 15.3 Å². The van der Waals surface area contributed by atoms with E-state index in [4.69, 9.17) is 4.74 Å². The van der Waals surface area contributed by atoms with E-state index in [0.29, 0.717) is 11.5 Å². The molecule has 134 valence electrons. The molecule has 2 aromatic heterocycles. The number of rotatable bonds is 5. The number of methoxy groups -OCH3 is 1. The van der Waals surface area contributed by atoms with E-state index in [0.717, 1.165) is 27.1 Å². The molecule has 0 unspecified atom stereocenters. The van der Waals surface area contributed by atoms with Crippen LogP contribution in [-0.4, -0.2) is 23.0 Å². The van der Waals surface area contributed by atoms with Gasteiger partial charge in [-0.3, -0.25) is 0 Å². The fraction of sp³-hybridized carbons (Fsp3) is 0.0500. The lowest BCUT2D eigenvalue weighted by molar-refractivity contribution is -0.255. The van der Waals surface area contributed by atoms with E-state index in [1.165, 1.54) is 29.8 Å². The lowest BCUT2D eigenvalue weighted by Gasteiger charge is -2.10. The zero-order valence-electron chi connectivity index (χ0n) is 14.3. The van der Waals surface area contributed by atoms with Gasteiger partial charge in [-0.2, -0.15) is 0 Å². The van der Waals surface area contributed by atoms with E-state index in [1.807, 2.05) is 29.6 Å². The summed E-state index contributed by atoms with van der Waals surface area (Å²) < 4.78 is 5.22. The maximum Gasteiger partial charge on any atom is 0.143 e. The molecule has 4 rings (SSSR count). The third-order valence-electron chi connectivity index (χ3n) is 4.13. The second-order valence-electron chi connectivity index (χ2n) is 5.77. The van der Waals surface area contributed by atoms with Crippen molar-refractivity contribution in [1.82, 2.24) is 9.97 Å². The Morgan fingerprint density at radius 1 is 1.15 bits per heavy atom. The Balaban J connectivity index is 1.78. The lowest BCUT2D eigenvalue weighted by Crippen LogP contribution is -2.22. The van der Waals surface area contributed by atoms with E-state index in [-0.39, 0.29) is 5.56 Å². The van der Waals surface area contributed by atoms with Crippen LogP contribution in [0.15, 0.2) is 60.2 Å². The molecular formula is C20H14N3O3S-. The first kappa shape index (κ1) is 17.0. The topological polar surface area (TPSA) is 87.2 Å². The quantitative estimate of drug-likeness (QED) is 0.574. The number of hydrogen-bond donors (Lipinski definition) is 1. The Labute approximate surface area is 159 Å². The number of carboxylic acid groups (broad SMARTS) is 1. The average molecular weight is 376 g/mol. The largest absolute Gasteiger partial charge is 0.545 e. The van der Waals surface area contributed by atoms with Crippen LogP contribution in [0.5, 0.6) is 5.75 Å². The first-order valence-electron chi connectivity index (χ1n) is 8.11. The van der Waals surface area contributed by atoms with Gasteiger partial charge in [-0.15, -0.1) is 11.3 Å². The molecule has 0 aliphatic carbocycles. The van der Waals surface area contributed by atoms with Gasteiger partial charge < -0.3 is 20.0 Å². The Kier molecular flexibility index (Phi) is 4.43. The summed E-state index contributed by atoms with van der Waals surface area (Å²) in [6.07, 6.45) is 1.49. The number of ether oxygens (including phenoxy) is 1. The third kappa shape index (κ3) is 3.32. The molecule has 0 aliphatic rings.